The van der Waals surface area contributed by atoms with Crippen molar-refractivity contribution < 1.29 is 13.5 Å². The second-order valence-electron chi connectivity index (χ2n) is 9.13. The Morgan fingerprint density at radius 2 is 1.84 bits per heavy atom. The molecule has 0 saturated carbocycles. The van der Waals surface area contributed by atoms with Gasteiger partial charge in [0.05, 0.1) is 23.5 Å². The minimum Gasteiger partial charge on any atom is -0.495 e. The number of imidazole rings is 1. The molecule has 3 nitrogen and oxygen atoms in total. The van der Waals surface area contributed by atoms with E-state index in [2.05, 4.69) is 17.6 Å². The summed E-state index contributed by atoms with van der Waals surface area (Å²) in [5, 5.41) is 1.66. The van der Waals surface area contributed by atoms with Crippen molar-refractivity contribution in [3.05, 3.63) is 105 Å². The molecule has 0 fully saturated rings. The molecule has 1 aliphatic carbocycles. The van der Waals surface area contributed by atoms with Crippen LogP contribution in [0.1, 0.15) is 48.7 Å². The molecule has 1 atom stereocenters. The summed E-state index contributed by atoms with van der Waals surface area (Å²) in [6.07, 6.45) is 3.53. The highest BCUT2D eigenvalue weighted by Crippen LogP contribution is 2.49. The lowest BCUT2D eigenvalue weighted by molar-refractivity contribution is 0.386. The molecule has 0 N–H and O–H groups in total. The molecule has 1 unspecified atom stereocenters. The molecule has 0 saturated heterocycles. The van der Waals surface area contributed by atoms with Crippen molar-refractivity contribution in [2.45, 2.75) is 48.9 Å². The minimum atomic E-state index is -0.360. The lowest BCUT2D eigenvalue weighted by Gasteiger charge is -2.38. The smallest absolute Gasteiger partial charge is 0.173 e. The van der Waals surface area contributed by atoms with E-state index in [4.69, 9.17) is 32.9 Å². The molecular formula is C29H26Cl2F2N2OS. The Morgan fingerprint density at radius 1 is 1.05 bits per heavy atom. The van der Waals surface area contributed by atoms with Crippen molar-refractivity contribution in [3.63, 3.8) is 0 Å². The maximum Gasteiger partial charge on any atom is 0.173 e. The monoisotopic (exact) mass is 558 g/mol. The highest BCUT2D eigenvalue weighted by Gasteiger charge is 2.42. The Morgan fingerprint density at radius 3 is 2.54 bits per heavy atom. The summed E-state index contributed by atoms with van der Waals surface area (Å²) in [6, 6.07) is 17.0. The molecule has 5 rings (SSSR count). The maximum absolute atomic E-state index is 14.6. The van der Waals surface area contributed by atoms with Crippen LogP contribution < -0.4 is 4.74 Å². The third-order valence-electron chi connectivity index (χ3n) is 7.19. The number of nitrogens with zero attached hydrogens (tertiary/aromatic N) is 2. The zero-order valence-corrected chi connectivity index (χ0v) is 22.9. The van der Waals surface area contributed by atoms with Gasteiger partial charge in [-0.3, -0.25) is 4.57 Å². The molecule has 1 aromatic heterocycles. The molecule has 4 aromatic rings. The van der Waals surface area contributed by atoms with E-state index in [1.165, 1.54) is 30.0 Å². The molecular weight excluding hydrogens is 533 g/mol. The number of aromatic nitrogens is 2. The average Bonchev–Trinajstić information content (AvgIpc) is 3.28. The van der Waals surface area contributed by atoms with E-state index in [0.717, 1.165) is 53.5 Å². The molecule has 0 bridgehead atoms. The van der Waals surface area contributed by atoms with Crippen LogP contribution in [0.15, 0.2) is 65.8 Å². The van der Waals surface area contributed by atoms with E-state index in [0.29, 0.717) is 27.1 Å². The molecule has 0 spiro atoms. The quantitative estimate of drug-likeness (QED) is 0.212. The fourth-order valence-electron chi connectivity index (χ4n) is 5.30. The van der Waals surface area contributed by atoms with Crippen molar-refractivity contribution in [3.8, 4) is 11.4 Å². The summed E-state index contributed by atoms with van der Waals surface area (Å²) >= 11 is 14.1. The van der Waals surface area contributed by atoms with Gasteiger partial charge in [-0.25, -0.2) is 13.8 Å². The van der Waals surface area contributed by atoms with Gasteiger partial charge in [0.15, 0.2) is 5.16 Å². The van der Waals surface area contributed by atoms with Crippen molar-refractivity contribution >= 4 is 35.0 Å². The first kappa shape index (κ1) is 26.1. The fourth-order valence-corrected chi connectivity index (χ4v) is 6.88. The highest BCUT2D eigenvalue weighted by molar-refractivity contribution is 7.98. The van der Waals surface area contributed by atoms with Gasteiger partial charge in [0, 0.05) is 27.4 Å². The number of aryl methyl sites for hydroxylation is 1. The molecule has 1 aliphatic rings. The van der Waals surface area contributed by atoms with Gasteiger partial charge in [-0.05, 0) is 79.8 Å². The van der Waals surface area contributed by atoms with E-state index in [-0.39, 0.29) is 17.0 Å². The Kier molecular flexibility index (Phi) is 7.53. The Bertz CT molecular complexity index is 1420. The summed E-state index contributed by atoms with van der Waals surface area (Å²) in [6.45, 7) is 2.17. The number of halogens is 4. The van der Waals surface area contributed by atoms with Gasteiger partial charge in [0.1, 0.15) is 17.4 Å². The third kappa shape index (κ3) is 4.75. The van der Waals surface area contributed by atoms with Crippen molar-refractivity contribution in [2.24, 2.45) is 0 Å². The lowest BCUT2D eigenvalue weighted by Crippen LogP contribution is -2.34. The summed E-state index contributed by atoms with van der Waals surface area (Å²) in [5.74, 6) is 0.280. The van der Waals surface area contributed by atoms with Crippen molar-refractivity contribution in [2.75, 3.05) is 7.11 Å². The van der Waals surface area contributed by atoms with Crippen LogP contribution in [0.2, 0.25) is 10.0 Å². The number of benzene rings is 3. The van der Waals surface area contributed by atoms with Crippen molar-refractivity contribution in [1.29, 1.82) is 0 Å². The van der Waals surface area contributed by atoms with Gasteiger partial charge >= 0.3 is 0 Å². The van der Waals surface area contributed by atoms with E-state index in [1.807, 2.05) is 12.1 Å². The van der Waals surface area contributed by atoms with Crippen LogP contribution in [-0.2, 0) is 17.6 Å². The number of hydrogen-bond donors (Lipinski definition) is 0. The Balaban J connectivity index is 1.70. The number of hydrogen-bond acceptors (Lipinski definition) is 3. The number of rotatable bonds is 7. The van der Waals surface area contributed by atoms with Gasteiger partial charge in [-0.1, -0.05) is 54.0 Å². The van der Waals surface area contributed by atoms with E-state index < -0.39 is 0 Å². The Hall–Kier alpha value is -2.54. The largest absolute Gasteiger partial charge is 0.495 e. The summed E-state index contributed by atoms with van der Waals surface area (Å²) in [5.41, 5.74) is 4.03. The third-order valence-corrected chi connectivity index (χ3v) is 8.82. The molecule has 0 aliphatic heterocycles. The highest BCUT2D eigenvalue weighted by atomic mass is 35.5. The molecule has 192 valence electrons. The van der Waals surface area contributed by atoms with E-state index >= 15 is 0 Å². The second kappa shape index (κ2) is 10.7. The molecule has 3 aromatic carbocycles. The first-order valence-electron chi connectivity index (χ1n) is 12.2. The number of fused-ring (bicyclic) bond motifs is 1. The van der Waals surface area contributed by atoms with Crippen LogP contribution in [0.4, 0.5) is 8.78 Å². The van der Waals surface area contributed by atoms with Gasteiger partial charge in [0.2, 0.25) is 0 Å². The number of ether oxygens (including phenoxy) is 1. The van der Waals surface area contributed by atoms with Crippen LogP contribution >= 0.6 is 35.0 Å². The van der Waals surface area contributed by atoms with Gasteiger partial charge in [-0.15, -0.1) is 0 Å². The summed E-state index contributed by atoms with van der Waals surface area (Å²) in [7, 11) is 1.61. The van der Waals surface area contributed by atoms with Gasteiger partial charge in [-0.2, -0.15) is 0 Å². The minimum absolute atomic E-state index is 0.311. The fraction of sp³-hybridized carbons (Fsp3) is 0.276. The summed E-state index contributed by atoms with van der Waals surface area (Å²) < 4.78 is 36.1. The zero-order valence-electron chi connectivity index (χ0n) is 20.5. The first-order valence-corrected chi connectivity index (χ1v) is 13.9. The lowest BCUT2D eigenvalue weighted by atomic mass is 9.68. The van der Waals surface area contributed by atoms with E-state index in [9.17, 15) is 8.78 Å². The molecule has 0 radical (unpaired) electrons. The number of thioether (sulfide) groups is 1. The van der Waals surface area contributed by atoms with Crippen molar-refractivity contribution in [1.82, 2.24) is 9.55 Å². The molecule has 8 heteroatoms. The molecule has 1 heterocycles. The number of methoxy groups -OCH3 is 1. The standard InChI is InChI=1S/C29H26Cl2F2N2OS/c1-3-29(18-9-14-23(31)26(16-18)36-2)15-5-8-25-27(29)35(20-12-10-19(32)11-13-20)28(34-25)37-17-21-22(30)6-4-7-24(21)33/h4,6-7,9-14,16H,3,5,8,15,17H2,1-2H3. The topological polar surface area (TPSA) is 27.1 Å². The molecule has 37 heavy (non-hydrogen) atoms. The van der Waals surface area contributed by atoms with Crippen LogP contribution in [0.25, 0.3) is 5.69 Å². The van der Waals surface area contributed by atoms with Crippen LogP contribution in [0.5, 0.6) is 5.75 Å². The predicted octanol–water partition coefficient (Wildman–Crippen LogP) is 8.79. The van der Waals surface area contributed by atoms with Crippen LogP contribution in [-0.4, -0.2) is 16.7 Å². The average molecular weight is 560 g/mol. The van der Waals surface area contributed by atoms with Gasteiger partial charge < -0.3 is 4.74 Å². The SMILES string of the molecule is CCC1(c2ccc(Cl)c(OC)c2)CCCc2nc(SCc3c(F)cccc3Cl)n(-c3ccc(F)cc3)c21. The van der Waals surface area contributed by atoms with E-state index in [1.54, 1.807) is 31.4 Å². The summed E-state index contributed by atoms with van der Waals surface area (Å²) in [4.78, 5) is 5.06. The van der Waals surface area contributed by atoms with Crippen LogP contribution in [0, 0.1) is 11.6 Å². The Labute approximate surface area is 229 Å². The van der Waals surface area contributed by atoms with Gasteiger partial charge in [0.25, 0.3) is 0 Å². The zero-order chi connectivity index (χ0) is 26.2. The predicted molar refractivity (Wildman–Crippen MR) is 147 cm³/mol. The maximum atomic E-state index is 14.6. The van der Waals surface area contributed by atoms with Crippen LogP contribution in [0.3, 0.4) is 0 Å². The molecule has 0 amide bonds. The second-order valence-corrected chi connectivity index (χ2v) is 10.9. The normalized spacial score (nSPS) is 17.0. The first-order chi connectivity index (χ1) is 17.9.